The van der Waals surface area contributed by atoms with Gasteiger partial charge in [-0.1, -0.05) is 13.3 Å². The molecule has 3 aromatic rings. The second-order valence-corrected chi connectivity index (χ2v) is 3.73. The van der Waals surface area contributed by atoms with Gasteiger partial charge >= 0.3 is 5.69 Å². The Bertz CT molecular complexity index is 705. The van der Waals surface area contributed by atoms with Crippen LogP contribution in [0.4, 0.5) is 0 Å². The molecule has 3 heterocycles. The van der Waals surface area contributed by atoms with E-state index in [2.05, 4.69) is 27.1 Å². The van der Waals surface area contributed by atoms with E-state index in [9.17, 15) is 4.79 Å². The smallest absolute Gasteiger partial charge is 0.289 e. The van der Waals surface area contributed by atoms with E-state index in [4.69, 9.17) is 0 Å². The zero-order valence-electron chi connectivity index (χ0n) is 8.82. The molecule has 6 heteroatoms. The van der Waals surface area contributed by atoms with Crippen LogP contribution in [0.15, 0.2) is 17.2 Å². The van der Waals surface area contributed by atoms with Crippen molar-refractivity contribution in [2.45, 2.75) is 19.8 Å². The van der Waals surface area contributed by atoms with Crippen molar-refractivity contribution in [1.82, 2.24) is 24.6 Å². The molecule has 3 rings (SSSR count). The maximum absolute atomic E-state index is 11.6. The first-order chi connectivity index (χ1) is 7.81. The van der Waals surface area contributed by atoms with Crippen molar-refractivity contribution in [2.24, 2.45) is 0 Å². The van der Waals surface area contributed by atoms with Gasteiger partial charge in [-0.15, -0.1) is 0 Å². The summed E-state index contributed by atoms with van der Waals surface area (Å²) in [5, 5.41) is 7.95. The molecule has 0 saturated heterocycles. The fourth-order valence-corrected chi connectivity index (χ4v) is 1.95. The lowest BCUT2D eigenvalue weighted by Crippen LogP contribution is -2.15. The molecule has 0 fully saturated rings. The standard InChI is InChI=1S/C10H11N5O/c1-2-3-6-7-8(14-13-6)12-10(16)15-5-4-11-9(7)15/h4-5H,2-3H2,1H3,(H2,12,13,14,16). The van der Waals surface area contributed by atoms with Gasteiger partial charge in [0.25, 0.3) is 0 Å². The number of hydrogen-bond donors (Lipinski definition) is 2. The highest BCUT2D eigenvalue weighted by Crippen LogP contribution is 2.18. The van der Waals surface area contributed by atoms with Crippen LogP contribution < -0.4 is 5.69 Å². The number of H-pyrrole nitrogens is 2. The number of aryl methyl sites for hydroxylation is 1. The fraction of sp³-hybridized carbons (Fsp3) is 0.300. The Morgan fingerprint density at radius 2 is 2.38 bits per heavy atom. The molecule has 2 N–H and O–H groups in total. The van der Waals surface area contributed by atoms with E-state index in [1.807, 2.05) is 0 Å². The van der Waals surface area contributed by atoms with Crippen LogP contribution in [0.2, 0.25) is 0 Å². The van der Waals surface area contributed by atoms with Gasteiger partial charge in [-0.3, -0.25) is 14.5 Å². The van der Waals surface area contributed by atoms with Crippen LogP contribution in [-0.4, -0.2) is 24.6 Å². The Balaban J connectivity index is 2.49. The summed E-state index contributed by atoms with van der Waals surface area (Å²) < 4.78 is 1.50. The van der Waals surface area contributed by atoms with Crippen molar-refractivity contribution >= 4 is 16.7 Å². The molecule has 0 aliphatic rings. The number of nitrogens with one attached hydrogen (secondary N) is 2. The van der Waals surface area contributed by atoms with E-state index < -0.39 is 0 Å². The molecular weight excluding hydrogens is 206 g/mol. The Hall–Kier alpha value is -2.11. The number of nitrogens with zero attached hydrogens (tertiary/aromatic N) is 3. The highest BCUT2D eigenvalue weighted by atomic mass is 16.1. The van der Waals surface area contributed by atoms with Crippen molar-refractivity contribution in [2.75, 3.05) is 0 Å². The van der Waals surface area contributed by atoms with Crippen molar-refractivity contribution in [3.05, 3.63) is 28.6 Å². The lowest BCUT2D eigenvalue weighted by molar-refractivity contribution is 0.873. The van der Waals surface area contributed by atoms with Gasteiger partial charge in [0.1, 0.15) is 0 Å². The monoisotopic (exact) mass is 217 g/mol. The van der Waals surface area contributed by atoms with E-state index in [0.29, 0.717) is 11.3 Å². The molecule has 16 heavy (non-hydrogen) atoms. The first kappa shape index (κ1) is 9.14. The van der Waals surface area contributed by atoms with Gasteiger partial charge in [0.05, 0.1) is 5.39 Å². The van der Waals surface area contributed by atoms with Crippen LogP contribution >= 0.6 is 0 Å². The summed E-state index contributed by atoms with van der Waals surface area (Å²) in [7, 11) is 0. The average molecular weight is 217 g/mol. The molecule has 0 bridgehead atoms. The van der Waals surface area contributed by atoms with Gasteiger partial charge in [0.15, 0.2) is 11.3 Å². The molecule has 0 aliphatic carbocycles. The summed E-state index contributed by atoms with van der Waals surface area (Å²) in [5.41, 5.74) is 2.04. The van der Waals surface area contributed by atoms with Crippen molar-refractivity contribution in [3.8, 4) is 0 Å². The number of hydrogen-bond acceptors (Lipinski definition) is 3. The van der Waals surface area contributed by atoms with Crippen LogP contribution in [0.1, 0.15) is 19.0 Å². The number of imidazole rings is 1. The van der Waals surface area contributed by atoms with Crippen LogP contribution in [0.3, 0.4) is 0 Å². The minimum atomic E-state index is -0.213. The molecule has 0 spiro atoms. The van der Waals surface area contributed by atoms with Crippen LogP contribution in [-0.2, 0) is 6.42 Å². The second-order valence-electron chi connectivity index (χ2n) is 3.73. The number of aromatic nitrogens is 5. The largest absolute Gasteiger partial charge is 0.332 e. The highest BCUT2D eigenvalue weighted by molar-refractivity contribution is 5.91. The lowest BCUT2D eigenvalue weighted by atomic mass is 10.2. The Kier molecular flexibility index (Phi) is 1.82. The fourth-order valence-electron chi connectivity index (χ4n) is 1.95. The summed E-state index contributed by atoms with van der Waals surface area (Å²) in [4.78, 5) is 18.6. The minimum absolute atomic E-state index is 0.213. The van der Waals surface area contributed by atoms with Gasteiger partial charge in [-0.25, -0.2) is 9.78 Å². The zero-order chi connectivity index (χ0) is 11.1. The van der Waals surface area contributed by atoms with Gasteiger partial charge in [0, 0.05) is 18.1 Å². The molecule has 0 saturated carbocycles. The maximum atomic E-state index is 11.6. The van der Waals surface area contributed by atoms with E-state index >= 15 is 0 Å². The minimum Gasteiger partial charge on any atom is -0.289 e. The molecular formula is C10H11N5O. The predicted molar refractivity (Wildman–Crippen MR) is 59.5 cm³/mol. The quantitative estimate of drug-likeness (QED) is 0.668. The Morgan fingerprint density at radius 3 is 3.19 bits per heavy atom. The third-order valence-electron chi connectivity index (χ3n) is 2.65. The van der Waals surface area contributed by atoms with E-state index in [-0.39, 0.29) is 5.69 Å². The van der Waals surface area contributed by atoms with Crippen LogP contribution in [0, 0.1) is 0 Å². The summed E-state index contributed by atoms with van der Waals surface area (Å²) in [5.74, 6) is 0. The molecule has 6 nitrogen and oxygen atoms in total. The van der Waals surface area contributed by atoms with Crippen molar-refractivity contribution in [3.63, 3.8) is 0 Å². The molecule has 3 aromatic heterocycles. The Morgan fingerprint density at radius 1 is 1.50 bits per heavy atom. The zero-order valence-corrected chi connectivity index (χ0v) is 8.82. The molecule has 0 aliphatic heterocycles. The molecule has 82 valence electrons. The van der Waals surface area contributed by atoms with Crippen molar-refractivity contribution in [1.29, 1.82) is 0 Å². The second kappa shape index (κ2) is 3.19. The van der Waals surface area contributed by atoms with E-state index in [1.165, 1.54) is 4.40 Å². The predicted octanol–water partition coefficient (Wildman–Crippen LogP) is 0.851. The molecule has 0 radical (unpaired) electrons. The third-order valence-corrected chi connectivity index (χ3v) is 2.65. The number of fused-ring (bicyclic) bond motifs is 3. The topological polar surface area (TPSA) is 78.8 Å². The SMILES string of the molecule is CCCc1[nH]nc2[nH]c(=O)n3ccnc3c12. The first-order valence-corrected chi connectivity index (χ1v) is 5.23. The van der Waals surface area contributed by atoms with Gasteiger partial charge < -0.3 is 0 Å². The normalized spacial score (nSPS) is 11.6. The summed E-state index contributed by atoms with van der Waals surface area (Å²) >= 11 is 0. The third kappa shape index (κ3) is 1.09. The van der Waals surface area contributed by atoms with E-state index in [1.54, 1.807) is 12.4 Å². The molecule has 0 atom stereocenters. The molecule has 0 aromatic carbocycles. The molecule has 0 amide bonds. The maximum Gasteiger partial charge on any atom is 0.332 e. The van der Waals surface area contributed by atoms with Gasteiger partial charge in [-0.2, -0.15) is 5.10 Å². The average Bonchev–Trinajstić information content (AvgIpc) is 2.85. The van der Waals surface area contributed by atoms with E-state index in [0.717, 1.165) is 23.9 Å². The summed E-state index contributed by atoms with van der Waals surface area (Å²) in [6.45, 7) is 2.10. The van der Waals surface area contributed by atoms with Gasteiger partial charge in [-0.05, 0) is 6.42 Å². The van der Waals surface area contributed by atoms with Crippen LogP contribution in [0.25, 0.3) is 16.7 Å². The highest BCUT2D eigenvalue weighted by Gasteiger charge is 2.12. The number of rotatable bonds is 2. The number of aromatic amines is 2. The lowest BCUT2D eigenvalue weighted by Gasteiger charge is -1.96. The first-order valence-electron chi connectivity index (χ1n) is 5.23. The summed E-state index contributed by atoms with van der Waals surface area (Å²) in [6, 6.07) is 0. The summed E-state index contributed by atoms with van der Waals surface area (Å²) in [6.07, 6.45) is 5.18. The Labute approximate surface area is 90.3 Å². The van der Waals surface area contributed by atoms with Gasteiger partial charge in [0.2, 0.25) is 0 Å². The molecule has 0 unspecified atom stereocenters. The van der Waals surface area contributed by atoms with Crippen LogP contribution in [0.5, 0.6) is 0 Å². The van der Waals surface area contributed by atoms with Crippen molar-refractivity contribution < 1.29 is 0 Å².